The van der Waals surface area contributed by atoms with Gasteiger partial charge in [0.15, 0.2) is 4.80 Å². The van der Waals surface area contributed by atoms with Crippen LogP contribution in [0.2, 0.25) is 0 Å². The SMILES string of the molecule is CCOC(=O)C1=C(c2ccccc2)N=c2s/c(=C\c3ccc(N(C)C)cc3)c(=O)n2C1c1cccc(OC)c1. The number of anilines is 1. The number of carbonyl (C=O) groups is 1. The van der Waals surface area contributed by atoms with E-state index in [1.807, 2.05) is 104 Å². The number of methoxy groups -OCH3 is 1. The Morgan fingerprint density at radius 3 is 2.46 bits per heavy atom. The van der Waals surface area contributed by atoms with Gasteiger partial charge < -0.3 is 14.4 Å². The predicted molar refractivity (Wildman–Crippen MR) is 155 cm³/mol. The molecule has 39 heavy (non-hydrogen) atoms. The van der Waals surface area contributed by atoms with E-state index < -0.39 is 12.0 Å². The summed E-state index contributed by atoms with van der Waals surface area (Å²) in [6.45, 7) is 1.96. The maximum Gasteiger partial charge on any atom is 0.338 e. The van der Waals surface area contributed by atoms with Crippen LogP contribution in [-0.2, 0) is 9.53 Å². The molecule has 198 valence electrons. The minimum atomic E-state index is -0.746. The summed E-state index contributed by atoms with van der Waals surface area (Å²) >= 11 is 1.30. The van der Waals surface area contributed by atoms with Crippen LogP contribution in [0.5, 0.6) is 5.75 Å². The Labute approximate surface area is 230 Å². The van der Waals surface area contributed by atoms with Gasteiger partial charge >= 0.3 is 5.97 Å². The molecular formula is C31H29N3O4S. The van der Waals surface area contributed by atoms with Crippen molar-refractivity contribution in [3.8, 4) is 5.75 Å². The number of hydrogen-bond donors (Lipinski definition) is 0. The molecule has 0 amide bonds. The van der Waals surface area contributed by atoms with Crippen LogP contribution in [0.4, 0.5) is 5.69 Å². The topological polar surface area (TPSA) is 73.1 Å². The van der Waals surface area contributed by atoms with Crippen molar-refractivity contribution in [3.63, 3.8) is 0 Å². The monoisotopic (exact) mass is 539 g/mol. The van der Waals surface area contributed by atoms with Crippen LogP contribution in [-0.4, -0.2) is 38.3 Å². The summed E-state index contributed by atoms with van der Waals surface area (Å²) in [7, 11) is 5.55. The van der Waals surface area contributed by atoms with Gasteiger partial charge in [0.25, 0.3) is 5.56 Å². The van der Waals surface area contributed by atoms with E-state index in [9.17, 15) is 9.59 Å². The number of benzene rings is 3. The number of rotatable bonds is 7. The van der Waals surface area contributed by atoms with Crippen molar-refractivity contribution < 1.29 is 14.3 Å². The second kappa shape index (κ2) is 11.1. The second-order valence-electron chi connectivity index (χ2n) is 9.19. The number of carbonyl (C=O) groups excluding carboxylic acids is 1. The Hall–Kier alpha value is -4.43. The first-order chi connectivity index (χ1) is 18.9. The molecule has 0 N–H and O–H groups in total. The summed E-state index contributed by atoms with van der Waals surface area (Å²) in [5.41, 5.74) is 4.04. The standard InChI is InChI=1S/C31H29N3O4S/c1-5-38-30(36)26-27(21-10-7-6-8-11-21)32-31-34(28(26)22-12-9-13-24(19-22)37-4)29(35)25(39-31)18-20-14-16-23(17-15-20)33(2)3/h6-19,28H,5H2,1-4H3/b25-18-. The van der Waals surface area contributed by atoms with Crippen molar-refractivity contribution in [1.29, 1.82) is 0 Å². The fourth-order valence-electron chi connectivity index (χ4n) is 4.59. The third-order valence-electron chi connectivity index (χ3n) is 6.49. The van der Waals surface area contributed by atoms with E-state index in [1.54, 1.807) is 18.6 Å². The van der Waals surface area contributed by atoms with Gasteiger partial charge in [-0.1, -0.05) is 65.9 Å². The molecule has 2 heterocycles. The minimum Gasteiger partial charge on any atom is -0.497 e. The number of thiazole rings is 1. The zero-order valence-electron chi connectivity index (χ0n) is 22.3. The first-order valence-electron chi connectivity index (χ1n) is 12.6. The van der Waals surface area contributed by atoms with Gasteiger partial charge in [-0.2, -0.15) is 0 Å². The number of fused-ring (bicyclic) bond motifs is 1. The number of hydrogen-bond acceptors (Lipinski definition) is 7. The van der Waals surface area contributed by atoms with Crippen molar-refractivity contribution in [2.45, 2.75) is 13.0 Å². The minimum absolute atomic E-state index is 0.197. The lowest BCUT2D eigenvalue weighted by Crippen LogP contribution is -2.40. The molecule has 0 fully saturated rings. The normalized spacial score (nSPS) is 15.0. The Kier molecular flexibility index (Phi) is 7.47. The lowest BCUT2D eigenvalue weighted by atomic mass is 9.93. The van der Waals surface area contributed by atoms with Gasteiger partial charge in [0.1, 0.15) is 5.75 Å². The molecule has 3 aromatic carbocycles. The van der Waals surface area contributed by atoms with Gasteiger partial charge in [-0.05, 0) is 48.4 Å². The molecule has 1 atom stereocenters. The zero-order valence-corrected chi connectivity index (χ0v) is 23.1. The molecule has 1 aliphatic heterocycles. The van der Waals surface area contributed by atoms with Gasteiger partial charge in [0.05, 0.1) is 35.6 Å². The van der Waals surface area contributed by atoms with E-state index in [0.717, 1.165) is 22.4 Å². The fraction of sp³-hybridized carbons (Fsp3) is 0.194. The van der Waals surface area contributed by atoms with Crippen molar-refractivity contribution in [3.05, 3.63) is 121 Å². The number of esters is 1. The Bertz CT molecular complexity index is 1720. The lowest BCUT2D eigenvalue weighted by Gasteiger charge is -2.26. The highest BCUT2D eigenvalue weighted by atomic mass is 32.1. The summed E-state index contributed by atoms with van der Waals surface area (Å²) in [6.07, 6.45) is 1.86. The molecular weight excluding hydrogens is 510 g/mol. The van der Waals surface area contributed by atoms with E-state index in [4.69, 9.17) is 14.5 Å². The third kappa shape index (κ3) is 5.15. The molecule has 5 rings (SSSR count). The Morgan fingerprint density at radius 2 is 1.79 bits per heavy atom. The summed E-state index contributed by atoms with van der Waals surface area (Å²) in [5, 5.41) is 0. The van der Waals surface area contributed by atoms with Crippen molar-refractivity contribution in [1.82, 2.24) is 4.57 Å². The highest BCUT2D eigenvalue weighted by Gasteiger charge is 2.35. The molecule has 0 radical (unpaired) electrons. The van der Waals surface area contributed by atoms with Crippen LogP contribution in [0, 0.1) is 0 Å². The average molecular weight is 540 g/mol. The number of ether oxygens (including phenoxy) is 2. The lowest BCUT2D eigenvalue weighted by molar-refractivity contribution is -0.138. The van der Waals surface area contributed by atoms with Gasteiger partial charge in [-0.25, -0.2) is 9.79 Å². The van der Waals surface area contributed by atoms with E-state index in [0.29, 0.717) is 26.4 Å². The van der Waals surface area contributed by atoms with E-state index in [2.05, 4.69) is 0 Å². The molecule has 4 aromatic rings. The van der Waals surface area contributed by atoms with Gasteiger partial charge in [-0.15, -0.1) is 0 Å². The highest BCUT2D eigenvalue weighted by molar-refractivity contribution is 7.07. The van der Waals surface area contributed by atoms with Gasteiger partial charge in [0, 0.05) is 25.3 Å². The van der Waals surface area contributed by atoms with Crippen LogP contribution in [0.15, 0.2) is 94.2 Å². The molecule has 0 spiro atoms. The summed E-state index contributed by atoms with van der Waals surface area (Å²) in [6, 6.07) is 24.1. The van der Waals surface area contributed by atoms with E-state index in [-0.39, 0.29) is 12.2 Å². The van der Waals surface area contributed by atoms with E-state index in [1.165, 1.54) is 11.3 Å². The molecule has 1 unspecified atom stereocenters. The van der Waals surface area contributed by atoms with Crippen molar-refractivity contribution in [2.75, 3.05) is 32.7 Å². The summed E-state index contributed by atoms with van der Waals surface area (Å²) in [5.74, 6) is 0.110. The van der Waals surface area contributed by atoms with Gasteiger partial charge in [0.2, 0.25) is 0 Å². The molecule has 1 aromatic heterocycles. The van der Waals surface area contributed by atoms with Crippen LogP contribution < -0.4 is 24.5 Å². The fourth-order valence-corrected chi connectivity index (χ4v) is 5.59. The van der Waals surface area contributed by atoms with Crippen molar-refractivity contribution in [2.24, 2.45) is 4.99 Å². The smallest absolute Gasteiger partial charge is 0.338 e. The first-order valence-corrected chi connectivity index (χ1v) is 13.4. The van der Waals surface area contributed by atoms with Gasteiger partial charge in [-0.3, -0.25) is 9.36 Å². The molecule has 8 heteroatoms. The number of nitrogens with zero attached hydrogens (tertiary/aromatic N) is 3. The maximum absolute atomic E-state index is 14.0. The van der Waals surface area contributed by atoms with Crippen LogP contribution in [0.25, 0.3) is 11.8 Å². The molecule has 1 aliphatic rings. The third-order valence-corrected chi connectivity index (χ3v) is 7.47. The quantitative estimate of drug-likeness (QED) is 0.332. The second-order valence-corrected chi connectivity index (χ2v) is 10.2. The maximum atomic E-state index is 14.0. The first kappa shape index (κ1) is 26.2. The average Bonchev–Trinajstić information content (AvgIpc) is 3.27. The van der Waals surface area contributed by atoms with Crippen molar-refractivity contribution >= 4 is 34.8 Å². The van der Waals surface area contributed by atoms with Crippen LogP contribution in [0.1, 0.15) is 29.7 Å². The predicted octanol–water partition coefficient (Wildman–Crippen LogP) is 4.01. The largest absolute Gasteiger partial charge is 0.497 e. The molecule has 0 aliphatic carbocycles. The molecule has 7 nitrogen and oxygen atoms in total. The summed E-state index contributed by atoms with van der Waals surface area (Å²) < 4.78 is 13.1. The molecule has 0 saturated heterocycles. The van der Waals surface area contributed by atoms with Crippen LogP contribution in [0.3, 0.4) is 0 Å². The van der Waals surface area contributed by atoms with Crippen LogP contribution >= 0.6 is 11.3 Å². The molecule has 0 bridgehead atoms. The summed E-state index contributed by atoms with van der Waals surface area (Å²) in [4.78, 5) is 34.9. The number of aromatic nitrogens is 1. The highest BCUT2D eigenvalue weighted by Crippen LogP contribution is 2.36. The Morgan fingerprint density at radius 1 is 1.05 bits per heavy atom. The van der Waals surface area contributed by atoms with E-state index >= 15 is 0 Å². The Balaban J connectivity index is 1.79. The zero-order chi connectivity index (χ0) is 27.5. The molecule has 0 saturated carbocycles.